The second-order valence-electron chi connectivity index (χ2n) is 6.97. The van der Waals surface area contributed by atoms with Crippen molar-refractivity contribution in [3.8, 4) is 17.5 Å². The largest absolute Gasteiger partial charge is 0.494 e. The summed E-state index contributed by atoms with van der Waals surface area (Å²) in [6.07, 6.45) is 7.94. The number of halogens is 1. The van der Waals surface area contributed by atoms with E-state index in [0.29, 0.717) is 28.5 Å². The van der Waals surface area contributed by atoms with Crippen LogP contribution in [0.2, 0.25) is 0 Å². The molecule has 8 nitrogen and oxygen atoms in total. The van der Waals surface area contributed by atoms with Crippen molar-refractivity contribution < 1.29 is 14.2 Å². The summed E-state index contributed by atoms with van der Waals surface area (Å²) in [5.41, 5.74) is 1.25. The van der Waals surface area contributed by atoms with Crippen LogP contribution in [0.15, 0.2) is 40.0 Å². The van der Waals surface area contributed by atoms with Crippen molar-refractivity contribution in [3.63, 3.8) is 0 Å². The maximum atomic E-state index is 12.0. The summed E-state index contributed by atoms with van der Waals surface area (Å²) in [4.78, 5) is 24.6. The Bertz CT molecular complexity index is 1060. The van der Waals surface area contributed by atoms with E-state index in [1.165, 1.54) is 6.20 Å². The topological polar surface area (TPSA) is 88.4 Å². The van der Waals surface area contributed by atoms with E-state index >= 15 is 0 Å². The normalized spacial score (nSPS) is 19.1. The van der Waals surface area contributed by atoms with Crippen LogP contribution in [0.3, 0.4) is 0 Å². The summed E-state index contributed by atoms with van der Waals surface area (Å²) in [5.74, 6) is 1.25. The van der Waals surface area contributed by atoms with E-state index < -0.39 is 0 Å². The summed E-state index contributed by atoms with van der Waals surface area (Å²) < 4.78 is 19.7. The molecule has 4 rings (SSSR count). The summed E-state index contributed by atoms with van der Waals surface area (Å²) >= 11 is 3.50. The smallest absolute Gasteiger partial charge is 0.316 e. The van der Waals surface area contributed by atoms with Gasteiger partial charge in [-0.2, -0.15) is 9.97 Å². The molecule has 0 N–H and O–H groups in total. The minimum atomic E-state index is -0.165. The maximum Gasteiger partial charge on any atom is 0.316 e. The van der Waals surface area contributed by atoms with E-state index in [1.54, 1.807) is 31.1 Å². The quantitative estimate of drug-likeness (QED) is 0.576. The molecule has 0 aliphatic heterocycles. The van der Waals surface area contributed by atoms with Gasteiger partial charge in [0, 0.05) is 11.5 Å². The molecule has 1 aliphatic carbocycles. The number of hydrogen-bond acceptors (Lipinski definition) is 7. The highest BCUT2D eigenvalue weighted by Gasteiger charge is 2.25. The molecule has 0 saturated heterocycles. The first-order chi connectivity index (χ1) is 14.0. The van der Waals surface area contributed by atoms with Crippen LogP contribution in [0.25, 0.3) is 11.0 Å². The number of ether oxygens (including phenoxy) is 3. The minimum Gasteiger partial charge on any atom is -0.494 e. The molecule has 1 saturated carbocycles. The first-order valence-electron chi connectivity index (χ1n) is 9.38. The highest BCUT2D eigenvalue weighted by molar-refractivity contribution is 9.10. The predicted molar refractivity (Wildman–Crippen MR) is 111 cm³/mol. The predicted octanol–water partition coefficient (Wildman–Crippen LogP) is 3.26. The van der Waals surface area contributed by atoms with Crippen LogP contribution in [0.1, 0.15) is 25.7 Å². The molecule has 0 amide bonds. The molecule has 2 heterocycles. The third-order valence-corrected chi connectivity index (χ3v) is 5.48. The van der Waals surface area contributed by atoms with Gasteiger partial charge in [-0.05, 0) is 37.8 Å². The molecule has 0 unspecified atom stereocenters. The Kier molecular flexibility index (Phi) is 5.66. The van der Waals surface area contributed by atoms with Crippen molar-refractivity contribution in [3.05, 3.63) is 45.5 Å². The maximum absolute atomic E-state index is 12.0. The van der Waals surface area contributed by atoms with Crippen molar-refractivity contribution in [1.82, 2.24) is 19.5 Å². The number of nitrogens with zero attached hydrogens (tertiary/aromatic N) is 4. The van der Waals surface area contributed by atoms with Gasteiger partial charge in [0.15, 0.2) is 5.75 Å². The Hall–Kier alpha value is -2.68. The highest BCUT2D eigenvalue weighted by atomic mass is 79.9. The summed E-state index contributed by atoms with van der Waals surface area (Å²) in [6.45, 7) is 0. The Morgan fingerprint density at radius 3 is 2.31 bits per heavy atom. The minimum absolute atomic E-state index is 0.0412. The van der Waals surface area contributed by atoms with E-state index in [9.17, 15) is 4.79 Å². The molecule has 9 heteroatoms. The average Bonchev–Trinajstić information content (AvgIpc) is 2.72. The Labute approximate surface area is 176 Å². The van der Waals surface area contributed by atoms with Crippen molar-refractivity contribution in [2.45, 2.75) is 37.9 Å². The monoisotopic (exact) mass is 460 g/mol. The van der Waals surface area contributed by atoms with Gasteiger partial charge in [-0.25, -0.2) is 4.98 Å². The Morgan fingerprint density at radius 2 is 1.66 bits per heavy atom. The van der Waals surface area contributed by atoms with E-state index in [0.717, 1.165) is 30.2 Å². The SMILES string of the molecule is COc1cnc(OC2CCC(Oc3cc(Br)cc4ncc(=O)n(C)c34)CC2)nc1. The molecule has 0 spiro atoms. The fraction of sp³-hybridized carbons (Fsp3) is 0.400. The molecule has 1 aromatic carbocycles. The highest BCUT2D eigenvalue weighted by Crippen LogP contribution is 2.32. The van der Waals surface area contributed by atoms with Crippen LogP contribution in [0, 0.1) is 0 Å². The molecule has 29 heavy (non-hydrogen) atoms. The van der Waals surface area contributed by atoms with Crippen LogP contribution in [-0.2, 0) is 7.05 Å². The van der Waals surface area contributed by atoms with Crippen LogP contribution in [0.4, 0.5) is 0 Å². The van der Waals surface area contributed by atoms with Gasteiger partial charge < -0.3 is 18.8 Å². The zero-order valence-corrected chi connectivity index (χ0v) is 17.8. The van der Waals surface area contributed by atoms with E-state index in [1.807, 2.05) is 12.1 Å². The molecular formula is C20H21BrN4O4. The number of benzene rings is 1. The summed E-state index contributed by atoms with van der Waals surface area (Å²) in [7, 11) is 3.30. The zero-order chi connectivity index (χ0) is 20.4. The molecule has 0 bridgehead atoms. The van der Waals surface area contributed by atoms with Gasteiger partial charge in [-0.15, -0.1) is 0 Å². The third kappa shape index (κ3) is 4.34. The number of hydrogen-bond donors (Lipinski definition) is 0. The average molecular weight is 461 g/mol. The lowest BCUT2D eigenvalue weighted by Gasteiger charge is -2.29. The summed E-state index contributed by atoms with van der Waals surface area (Å²) in [5, 5.41) is 0. The van der Waals surface area contributed by atoms with Gasteiger partial charge in [0.25, 0.3) is 5.56 Å². The van der Waals surface area contributed by atoms with Gasteiger partial charge in [0.05, 0.1) is 37.3 Å². The standard InChI is InChI=1S/C20H21BrN4O4/c1-25-18(26)11-22-16-7-12(21)8-17(19(16)25)28-13-3-5-14(6-4-13)29-20-23-9-15(27-2)10-24-20/h7-11,13-14H,3-6H2,1-2H3. The van der Waals surface area contributed by atoms with Gasteiger partial charge in [0.1, 0.15) is 17.4 Å². The molecule has 0 radical (unpaired) electrons. The van der Waals surface area contributed by atoms with Gasteiger partial charge in [-0.3, -0.25) is 4.79 Å². The van der Waals surface area contributed by atoms with Gasteiger partial charge in [-0.1, -0.05) is 15.9 Å². The fourth-order valence-corrected chi connectivity index (χ4v) is 3.90. The lowest BCUT2D eigenvalue weighted by molar-refractivity contribution is 0.0754. The zero-order valence-electron chi connectivity index (χ0n) is 16.2. The number of methoxy groups -OCH3 is 1. The third-order valence-electron chi connectivity index (χ3n) is 5.03. The number of aryl methyl sites for hydroxylation is 1. The lowest BCUT2D eigenvalue weighted by Crippen LogP contribution is -2.30. The number of aromatic nitrogens is 4. The van der Waals surface area contributed by atoms with Gasteiger partial charge >= 0.3 is 6.01 Å². The Morgan fingerprint density at radius 1 is 1.00 bits per heavy atom. The molecular weight excluding hydrogens is 440 g/mol. The molecule has 1 fully saturated rings. The first-order valence-corrected chi connectivity index (χ1v) is 10.2. The molecule has 2 aromatic heterocycles. The van der Waals surface area contributed by atoms with E-state index in [4.69, 9.17) is 14.2 Å². The number of fused-ring (bicyclic) bond motifs is 1. The van der Waals surface area contributed by atoms with Crippen LogP contribution in [-0.4, -0.2) is 38.8 Å². The van der Waals surface area contributed by atoms with Crippen LogP contribution in [0.5, 0.6) is 17.5 Å². The van der Waals surface area contributed by atoms with Crippen molar-refractivity contribution in [1.29, 1.82) is 0 Å². The number of rotatable bonds is 5. The fourth-order valence-electron chi connectivity index (χ4n) is 3.47. The molecule has 1 aliphatic rings. The van der Waals surface area contributed by atoms with Crippen LogP contribution < -0.4 is 19.8 Å². The molecule has 0 atom stereocenters. The van der Waals surface area contributed by atoms with Gasteiger partial charge in [0.2, 0.25) is 0 Å². The second kappa shape index (κ2) is 8.36. The molecule has 152 valence electrons. The lowest BCUT2D eigenvalue weighted by atomic mass is 9.95. The van der Waals surface area contributed by atoms with Crippen molar-refractivity contribution in [2.24, 2.45) is 7.05 Å². The second-order valence-corrected chi connectivity index (χ2v) is 7.88. The first kappa shape index (κ1) is 19.6. The van der Waals surface area contributed by atoms with E-state index in [-0.39, 0.29) is 17.8 Å². The summed E-state index contributed by atoms with van der Waals surface area (Å²) in [6, 6.07) is 4.12. The van der Waals surface area contributed by atoms with Crippen molar-refractivity contribution in [2.75, 3.05) is 7.11 Å². The molecule has 3 aromatic rings. The Balaban J connectivity index is 1.43. The van der Waals surface area contributed by atoms with Crippen LogP contribution >= 0.6 is 15.9 Å². The van der Waals surface area contributed by atoms with E-state index in [2.05, 4.69) is 30.9 Å². The van der Waals surface area contributed by atoms with Crippen molar-refractivity contribution >= 4 is 27.0 Å².